The van der Waals surface area contributed by atoms with Crippen molar-refractivity contribution in [1.29, 1.82) is 0 Å². The van der Waals surface area contributed by atoms with Gasteiger partial charge >= 0.3 is 0 Å². The van der Waals surface area contributed by atoms with Crippen molar-refractivity contribution in [1.82, 2.24) is 9.97 Å². The van der Waals surface area contributed by atoms with E-state index in [1.54, 1.807) is 7.05 Å². The molecule has 0 amide bonds. The molecule has 0 aliphatic heterocycles. The van der Waals surface area contributed by atoms with E-state index >= 15 is 0 Å². The zero-order chi connectivity index (χ0) is 14.8. The van der Waals surface area contributed by atoms with Crippen LogP contribution in [0.1, 0.15) is 5.82 Å². The molecule has 1 aromatic carbocycles. The zero-order valence-electron chi connectivity index (χ0n) is 11.1. The molecule has 0 unspecified atom stereocenters. The van der Waals surface area contributed by atoms with Crippen LogP contribution in [0, 0.1) is 11.6 Å². The van der Waals surface area contributed by atoms with Crippen LogP contribution in [0.5, 0.6) is 5.75 Å². The van der Waals surface area contributed by atoms with E-state index in [1.807, 2.05) is 11.4 Å². The smallest absolute Gasteiger partial charge is 0.169 e. The molecule has 21 heavy (non-hydrogen) atoms. The van der Waals surface area contributed by atoms with E-state index < -0.39 is 11.6 Å². The fourth-order valence-electron chi connectivity index (χ4n) is 1.88. The number of hydrogen-bond acceptors (Lipinski definition) is 5. The van der Waals surface area contributed by atoms with Gasteiger partial charge in [-0.25, -0.2) is 18.7 Å². The van der Waals surface area contributed by atoms with Gasteiger partial charge in [-0.1, -0.05) is 0 Å². The van der Waals surface area contributed by atoms with Crippen molar-refractivity contribution in [2.45, 2.75) is 6.61 Å². The van der Waals surface area contributed by atoms with E-state index in [2.05, 4.69) is 15.3 Å². The van der Waals surface area contributed by atoms with E-state index in [1.165, 1.54) is 11.3 Å². The van der Waals surface area contributed by atoms with Gasteiger partial charge in [0, 0.05) is 13.1 Å². The highest BCUT2D eigenvalue weighted by atomic mass is 32.1. The third kappa shape index (κ3) is 2.78. The maximum atomic E-state index is 13.5. The number of anilines is 1. The van der Waals surface area contributed by atoms with Gasteiger partial charge in [-0.2, -0.15) is 0 Å². The molecular weight excluding hydrogens is 296 g/mol. The predicted molar refractivity (Wildman–Crippen MR) is 77.7 cm³/mol. The topological polar surface area (TPSA) is 47.0 Å². The molecule has 0 fully saturated rings. The molecule has 0 saturated carbocycles. The van der Waals surface area contributed by atoms with Crippen LogP contribution in [0.3, 0.4) is 0 Å². The Morgan fingerprint density at radius 1 is 1.24 bits per heavy atom. The van der Waals surface area contributed by atoms with Crippen LogP contribution >= 0.6 is 11.3 Å². The Labute approximate surface area is 123 Å². The van der Waals surface area contributed by atoms with Gasteiger partial charge in [0.2, 0.25) is 0 Å². The van der Waals surface area contributed by atoms with E-state index in [4.69, 9.17) is 4.74 Å². The summed E-state index contributed by atoms with van der Waals surface area (Å²) >= 11 is 1.48. The third-order valence-corrected chi connectivity index (χ3v) is 3.66. The molecule has 0 spiro atoms. The SMILES string of the molecule is CNc1nc(COc2cc(F)ccc2F)nc2sccc12. The minimum atomic E-state index is -0.623. The summed E-state index contributed by atoms with van der Waals surface area (Å²) in [5, 5.41) is 5.81. The van der Waals surface area contributed by atoms with Crippen molar-refractivity contribution in [3.63, 3.8) is 0 Å². The monoisotopic (exact) mass is 307 g/mol. The second-order valence-electron chi connectivity index (χ2n) is 4.24. The van der Waals surface area contributed by atoms with Gasteiger partial charge in [0.15, 0.2) is 17.4 Å². The standard InChI is InChI=1S/C14H11F2N3OS/c1-17-13-9-4-5-21-14(9)19-12(18-13)7-20-11-6-8(15)2-3-10(11)16/h2-6H,7H2,1H3,(H,17,18,19). The van der Waals surface area contributed by atoms with Gasteiger partial charge in [-0.15, -0.1) is 11.3 Å². The Morgan fingerprint density at radius 2 is 2.10 bits per heavy atom. The molecule has 0 aliphatic rings. The van der Waals surface area contributed by atoms with Gasteiger partial charge in [0.05, 0.1) is 5.39 Å². The summed E-state index contributed by atoms with van der Waals surface area (Å²) in [4.78, 5) is 9.45. The second kappa shape index (κ2) is 5.61. The van der Waals surface area contributed by atoms with Crippen LogP contribution in [0.4, 0.5) is 14.6 Å². The predicted octanol–water partition coefficient (Wildman–Crippen LogP) is 3.59. The molecule has 108 valence electrons. The summed E-state index contributed by atoms with van der Waals surface area (Å²) in [5.41, 5.74) is 0. The number of thiophene rings is 1. The first-order valence-corrected chi connectivity index (χ1v) is 7.05. The van der Waals surface area contributed by atoms with E-state index in [0.29, 0.717) is 11.6 Å². The molecule has 7 heteroatoms. The van der Waals surface area contributed by atoms with Crippen LogP contribution in [0.25, 0.3) is 10.2 Å². The molecule has 0 bridgehead atoms. The van der Waals surface area contributed by atoms with Crippen LogP contribution in [-0.4, -0.2) is 17.0 Å². The Bertz CT molecular complexity index is 791. The fraction of sp³-hybridized carbons (Fsp3) is 0.143. The van der Waals surface area contributed by atoms with Gasteiger partial charge in [-0.3, -0.25) is 0 Å². The van der Waals surface area contributed by atoms with Gasteiger partial charge < -0.3 is 10.1 Å². The fourth-order valence-corrected chi connectivity index (χ4v) is 2.67. The Kier molecular flexibility index (Phi) is 3.66. The molecule has 0 saturated heterocycles. The highest BCUT2D eigenvalue weighted by Crippen LogP contribution is 2.25. The lowest BCUT2D eigenvalue weighted by Gasteiger charge is -2.08. The van der Waals surface area contributed by atoms with Crippen LogP contribution in [0.15, 0.2) is 29.6 Å². The van der Waals surface area contributed by atoms with Crippen molar-refractivity contribution in [3.05, 3.63) is 47.1 Å². The Balaban J connectivity index is 1.86. The molecule has 0 atom stereocenters. The molecule has 1 N–H and O–H groups in total. The van der Waals surface area contributed by atoms with Crippen LogP contribution in [-0.2, 0) is 6.61 Å². The van der Waals surface area contributed by atoms with E-state index in [-0.39, 0.29) is 12.4 Å². The average molecular weight is 307 g/mol. The Morgan fingerprint density at radius 3 is 2.90 bits per heavy atom. The summed E-state index contributed by atoms with van der Waals surface area (Å²) in [7, 11) is 1.76. The maximum Gasteiger partial charge on any atom is 0.169 e. The highest BCUT2D eigenvalue weighted by molar-refractivity contribution is 7.16. The van der Waals surface area contributed by atoms with Crippen molar-refractivity contribution in [2.24, 2.45) is 0 Å². The van der Waals surface area contributed by atoms with Gasteiger partial charge in [-0.05, 0) is 23.6 Å². The highest BCUT2D eigenvalue weighted by Gasteiger charge is 2.10. The number of hydrogen-bond donors (Lipinski definition) is 1. The van der Waals surface area contributed by atoms with Gasteiger partial charge in [0.25, 0.3) is 0 Å². The van der Waals surface area contributed by atoms with Crippen molar-refractivity contribution >= 4 is 27.4 Å². The molecule has 0 radical (unpaired) electrons. The molecule has 3 aromatic rings. The molecule has 4 nitrogen and oxygen atoms in total. The number of fused-ring (bicyclic) bond motifs is 1. The lowest BCUT2D eigenvalue weighted by atomic mass is 10.3. The quantitative estimate of drug-likeness (QED) is 0.800. The van der Waals surface area contributed by atoms with Crippen LogP contribution in [0.2, 0.25) is 0 Å². The number of rotatable bonds is 4. The lowest BCUT2D eigenvalue weighted by Crippen LogP contribution is -2.05. The van der Waals surface area contributed by atoms with Crippen molar-refractivity contribution in [2.75, 3.05) is 12.4 Å². The average Bonchev–Trinajstić information content (AvgIpc) is 2.95. The first-order valence-electron chi connectivity index (χ1n) is 6.17. The number of halogens is 2. The summed E-state index contributed by atoms with van der Waals surface area (Å²) in [5.74, 6) is -0.257. The first kappa shape index (κ1) is 13.7. The summed E-state index contributed by atoms with van der Waals surface area (Å²) in [6, 6.07) is 4.98. The number of ether oxygens (including phenoxy) is 1. The summed E-state index contributed by atoms with van der Waals surface area (Å²) in [6.45, 7) is -0.0388. The van der Waals surface area contributed by atoms with E-state index in [9.17, 15) is 8.78 Å². The van der Waals surface area contributed by atoms with Crippen molar-refractivity contribution in [3.8, 4) is 5.75 Å². The molecule has 0 aliphatic carbocycles. The minimum Gasteiger partial charge on any atom is -0.482 e. The number of benzene rings is 1. The third-order valence-electron chi connectivity index (χ3n) is 2.86. The molecular formula is C14H11F2N3OS. The maximum absolute atomic E-state index is 13.5. The van der Waals surface area contributed by atoms with Crippen molar-refractivity contribution < 1.29 is 13.5 Å². The lowest BCUT2D eigenvalue weighted by molar-refractivity contribution is 0.280. The second-order valence-corrected chi connectivity index (χ2v) is 5.14. The van der Waals surface area contributed by atoms with E-state index in [0.717, 1.165) is 28.4 Å². The molecule has 3 rings (SSSR count). The number of aromatic nitrogens is 2. The molecule has 2 aromatic heterocycles. The van der Waals surface area contributed by atoms with Gasteiger partial charge in [0.1, 0.15) is 23.1 Å². The summed E-state index contributed by atoms with van der Waals surface area (Å²) in [6.07, 6.45) is 0. The number of nitrogens with zero attached hydrogens (tertiary/aromatic N) is 2. The zero-order valence-corrected chi connectivity index (χ0v) is 11.9. The minimum absolute atomic E-state index is 0.0388. The molecule has 2 heterocycles. The first-order chi connectivity index (χ1) is 10.2. The normalized spacial score (nSPS) is 10.8. The van der Waals surface area contributed by atoms with Crippen LogP contribution < -0.4 is 10.1 Å². The largest absolute Gasteiger partial charge is 0.482 e. The number of nitrogens with one attached hydrogen (secondary N) is 1. The Hall–Kier alpha value is -2.28. The summed E-state index contributed by atoms with van der Waals surface area (Å²) < 4.78 is 31.8.